The van der Waals surface area contributed by atoms with Gasteiger partial charge < -0.3 is 9.84 Å². The molecule has 24 heavy (non-hydrogen) atoms. The Morgan fingerprint density at radius 2 is 0.792 bits per heavy atom. The number of rotatable bonds is 21. The molecule has 2 heteroatoms. The fraction of sp³-hybridized carbons (Fsp3) is 1.00. The summed E-state index contributed by atoms with van der Waals surface area (Å²) < 4.78 is 5.26. The van der Waals surface area contributed by atoms with Crippen LogP contribution in [0.3, 0.4) is 0 Å². The smallest absolute Gasteiger partial charge is 0.0697 e. The zero-order chi connectivity index (χ0) is 17.6. The summed E-state index contributed by atoms with van der Waals surface area (Å²) in [5.41, 5.74) is 0. The molecule has 146 valence electrons. The molecule has 0 unspecified atom stereocenters. The minimum atomic E-state index is 0.152. The minimum Gasteiger partial charge on any atom is -0.394 e. The molecule has 0 rings (SSSR count). The first-order chi connectivity index (χ1) is 11.9. The maximum atomic E-state index is 8.59. The lowest BCUT2D eigenvalue weighted by molar-refractivity contribution is 0.0895. The molecule has 0 aliphatic heterocycles. The molecule has 0 aromatic rings. The van der Waals surface area contributed by atoms with Crippen LogP contribution in [-0.4, -0.2) is 24.9 Å². The van der Waals surface area contributed by atoms with E-state index >= 15 is 0 Å². The third-order valence-electron chi connectivity index (χ3n) is 4.88. The third-order valence-corrected chi connectivity index (χ3v) is 4.88. The molecule has 2 nitrogen and oxygen atoms in total. The first kappa shape index (κ1) is 23.9. The molecule has 0 aromatic carbocycles. The van der Waals surface area contributed by atoms with Crippen molar-refractivity contribution in [2.45, 2.75) is 122 Å². The van der Waals surface area contributed by atoms with E-state index in [2.05, 4.69) is 6.92 Å². The van der Waals surface area contributed by atoms with E-state index in [4.69, 9.17) is 9.84 Å². The van der Waals surface area contributed by atoms with Crippen molar-refractivity contribution in [3.63, 3.8) is 0 Å². The molecule has 1 N–H and O–H groups in total. The number of aliphatic hydroxyl groups is 1. The maximum absolute atomic E-state index is 8.59. The molecule has 0 aliphatic rings. The van der Waals surface area contributed by atoms with E-state index in [0.29, 0.717) is 6.61 Å². The van der Waals surface area contributed by atoms with E-state index in [1.54, 1.807) is 0 Å². The Morgan fingerprint density at radius 1 is 0.458 bits per heavy atom. The predicted octanol–water partition coefficient (Wildman–Crippen LogP) is 7.04. The predicted molar refractivity (Wildman–Crippen MR) is 107 cm³/mol. The van der Waals surface area contributed by atoms with Gasteiger partial charge in [0.15, 0.2) is 0 Å². The van der Waals surface area contributed by atoms with Gasteiger partial charge in [0.05, 0.1) is 13.2 Å². The lowest BCUT2D eigenvalue weighted by Gasteiger charge is -2.04. The molecule has 0 amide bonds. The zero-order valence-electron chi connectivity index (χ0n) is 16.7. The highest BCUT2D eigenvalue weighted by Gasteiger charge is 1.95. The second kappa shape index (κ2) is 22.9. The van der Waals surface area contributed by atoms with Crippen molar-refractivity contribution in [2.24, 2.45) is 0 Å². The van der Waals surface area contributed by atoms with Gasteiger partial charge in [-0.2, -0.15) is 0 Å². The summed E-state index contributed by atoms with van der Waals surface area (Å²) in [6.07, 6.45) is 25.4. The molecular weight excluding hydrogens is 296 g/mol. The van der Waals surface area contributed by atoms with Gasteiger partial charge in [-0.3, -0.25) is 0 Å². The minimum absolute atomic E-state index is 0.152. The Labute approximate surface area is 152 Å². The van der Waals surface area contributed by atoms with Crippen molar-refractivity contribution in [3.8, 4) is 0 Å². The van der Waals surface area contributed by atoms with E-state index in [9.17, 15) is 0 Å². The highest BCUT2D eigenvalue weighted by molar-refractivity contribution is 4.50. The summed E-state index contributed by atoms with van der Waals surface area (Å²) >= 11 is 0. The van der Waals surface area contributed by atoms with Gasteiger partial charge in [0.1, 0.15) is 0 Å². The van der Waals surface area contributed by atoms with Crippen LogP contribution < -0.4 is 0 Å². The molecule has 0 fully saturated rings. The molecule has 0 radical (unpaired) electrons. The molecule has 0 spiro atoms. The van der Waals surface area contributed by atoms with Crippen LogP contribution in [0, 0.1) is 0 Å². The summed E-state index contributed by atoms with van der Waals surface area (Å²) in [4.78, 5) is 0. The van der Waals surface area contributed by atoms with Crippen LogP contribution in [0.4, 0.5) is 0 Å². The Bertz CT molecular complexity index is 184. The van der Waals surface area contributed by atoms with E-state index in [-0.39, 0.29) is 6.61 Å². The first-order valence-corrected chi connectivity index (χ1v) is 11.1. The van der Waals surface area contributed by atoms with Gasteiger partial charge >= 0.3 is 0 Å². The summed E-state index contributed by atoms with van der Waals surface area (Å²) in [6.45, 7) is 3.76. The van der Waals surface area contributed by atoms with E-state index < -0.39 is 0 Å². The summed E-state index contributed by atoms with van der Waals surface area (Å²) in [5, 5.41) is 8.59. The van der Waals surface area contributed by atoms with Crippen molar-refractivity contribution in [1.29, 1.82) is 0 Å². The van der Waals surface area contributed by atoms with Crippen LogP contribution in [0.15, 0.2) is 0 Å². The standard InChI is InChI=1S/C22H46O2/c1-2-3-4-5-6-7-8-9-10-11-12-13-14-15-16-17-18-19-21-24-22-20-23/h23H,2-22H2,1H3. The first-order valence-electron chi connectivity index (χ1n) is 11.1. The van der Waals surface area contributed by atoms with Gasteiger partial charge in [-0.1, -0.05) is 116 Å². The van der Waals surface area contributed by atoms with Crippen LogP contribution in [-0.2, 0) is 4.74 Å². The number of hydrogen-bond acceptors (Lipinski definition) is 2. The van der Waals surface area contributed by atoms with E-state index in [1.807, 2.05) is 0 Å². The fourth-order valence-corrected chi connectivity index (χ4v) is 3.27. The van der Waals surface area contributed by atoms with Crippen molar-refractivity contribution in [2.75, 3.05) is 19.8 Å². The van der Waals surface area contributed by atoms with Crippen molar-refractivity contribution in [1.82, 2.24) is 0 Å². The Balaban J connectivity index is 2.93. The molecule has 0 bridgehead atoms. The molecular formula is C22H46O2. The van der Waals surface area contributed by atoms with Crippen LogP contribution in [0.1, 0.15) is 122 Å². The zero-order valence-corrected chi connectivity index (χ0v) is 16.7. The fourth-order valence-electron chi connectivity index (χ4n) is 3.27. The average Bonchev–Trinajstić information content (AvgIpc) is 2.60. The van der Waals surface area contributed by atoms with Gasteiger partial charge in [-0.15, -0.1) is 0 Å². The molecule has 0 saturated heterocycles. The average molecular weight is 343 g/mol. The van der Waals surface area contributed by atoms with E-state index in [0.717, 1.165) is 13.0 Å². The highest BCUT2D eigenvalue weighted by Crippen LogP contribution is 2.14. The second-order valence-electron chi connectivity index (χ2n) is 7.35. The van der Waals surface area contributed by atoms with Crippen molar-refractivity contribution in [3.05, 3.63) is 0 Å². The lowest BCUT2D eigenvalue weighted by atomic mass is 10.0. The summed E-state index contributed by atoms with van der Waals surface area (Å²) in [6, 6.07) is 0. The second-order valence-corrected chi connectivity index (χ2v) is 7.35. The maximum Gasteiger partial charge on any atom is 0.0697 e. The number of unbranched alkanes of at least 4 members (excludes halogenated alkanes) is 17. The number of ether oxygens (including phenoxy) is 1. The highest BCUT2D eigenvalue weighted by atomic mass is 16.5. The SMILES string of the molecule is CCCCCCCCCCCCCCCCCCCCOCCO. The largest absolute Gasteiger partial charge is 0.394 e. The van der Waals surface area contributed by atoms with Gasteiger partial charge in [-0.25, -0.2) is 0 Å². The van der Waals surface area contributed by atoms with Crippen LogP contribution in [0.25, 0.3) is 0 Å². The van der Waals surface area contributed by atoms with Crippen LogP contribution in [0.2, 0.25) is 0 Å². The Morgan fingerprint density at radius 3 is 1.12 bits per heavy atom. The van der Waals surface area contributed by atoms with Crippen molar-refractivity contribution < 1.29 is 9.84 Å². The molecule has 0 saturated carbocycles. The van der Waals surface area contributed by atoms with E-state index in [1.165, 1.54) is 109 Å². The Kier molecular flexibility index (Phi) is 22.8. The lowest BCUT2D eigenvalue weighted by Crippen LogP contribution is -2.00. The number of aliphatic hydroxyl groups excluding tert-OH is 1. The van der Waals surface area contributed by atoms with Gasteiger partial charge in [0.25, 0.3) is 0 Å². The molecule has 0 aliphatic carbocycles. The molecule has 0 aromatic heterocycles. The normalized spacial score (nSPS) is 11.2. The quantitative estimate of drug-likeness (QED) is 0.227. The molecule has 0 atom stereocenters. The Hall–Kier alpha value is -0.0800. The van der Waals surface area contributed by atoms with Crippen molar-refractivity contribution >= 4 is 0 Å². The molecule has 0 heterocycles. The van der Waals surface area contributed by atoms with Gasteiger partial charge in [0, 0.05) is 6.61 Å². The topological polar surface area (TPSA) is 29.5 Å². The summed E-state index contributed by atoms with van der Waals surface area (Å²) in [7, 11) is 0. The third kappa shape index (κ3) is 21.9. The van der Waals surface area contributed by atoms with Crippen LogP contribution >= 0.6 is 0 Å². The van der Waals surface area contributed by atoms with Gasteiger partial charge in [-0.05, 0) is 6.42 Å². The summed E-state index contributed by atoms with van der Waals surface area (Å²) in [5.74, 6) is 0. The van der Waals surface area contributed by atoms with Gasteiger partial charge in [0.2, 0.25) is 0 Å². The monoisotopic (exact) mass is 342 g/mol. The van der Waals surface area contributed by atoms with Crippen LogP contribution in [0.5, 0.6) is 0 Å². The number of hydrogen-bond donors (Lipinski definition) is 1.